The summed E-state index contributed by atoms with van der Waals surface area (Å²) in [7, 11) is 0. The number of hydrogen-bond acceptors (Lipinski definition) is 3. The van der Waals surface area contributed by atoms with Crippen LogP contribution in [0.3, 0.4) is 0 Å². The van der Waals surface area contributed by atoms with E-state index in [1.165, 1.54) is 6.07 Å². The summed E-state index contributed by atoms with van der Waals surface area (Å²) in [6.45, 7) is 1.77. The molecule has 0 atom stereocenters. The van der Waals surface area contributed by atoms with Crippen LogP contribution in [0.1, 0.15) is 5.69 Å². The predicted octanol–water partition coefficient (Wildman–Crippen LogP) is 2.71. The second kappa shape index (κ2) is 4.66. The van der Waals surface area contributed by atoms with E-state index in [0.29, 0.717) is 20.7 Å². The third-order valence-electron chi connectivity index (χ3n) is 2.25. The maximum atomic E-state index is 11.6. The van der Waals surface area contributed by atoms with Crippen LogP contribution in [0, 0.1) is 10.5 Å². The molecule has 17 heavy (non-hydrogen) atoms. The molecule has 6 heteroatoms. The van der Waals surface area contributed by atoms with Crippen LogP contribution in [0.4, 0.5) is 0 Å². The van der Waals surface area contributed by atoms with Gasteiger partial charge in [0.05, 0.1) is 14.3 Å². The lowest BCUT2D eigenvalue weighted by Gasteiger charge is -2.04. The van der Waals surface area contributed by atoms with E-state index in [1.807, 2.05) is 22.6 Å². The quantitative estimate of drug-likeness (QED) is 0.767. The summed E-state index contributed by atoms with van der Waals surface area (Å²) in [5.74, 6) is 0.440. The molecule has 0 aliphatic heterocycles. The van der Waals surface area contributed by atoms with Crippen molar-refractivity contribution in [3.8, 4) is 17.1 Å². The van der Waals surface area contributed by atoms with Crippen molar-refractivity contribution < 1.29 is 5.11 Å². The van der Waals surface area contributed by atoms with Crippen molar-refractivity contribution in [2.75, 3.05) is 0 Å². The molecule has 0 saturated heterocycles. The number of H-pyrrole nitrogens is 1. The molecule has 2 N–H and O–H groups in total. The van der Waals surface area contributed by atoms with E-state index in [9.17, 15) is 9.90 Å². The first-order chi connectivity index (χ1) is 7.99. The number of aromatic nitrogens is 2. The Balaban J connectivity index is 2.61. The Hall–Kier alpha value is -1.08. The highest BCUT2D eigenvalue weighted by Gasteiger charge is 2.08. The van der Waals surface area contributed by atoms with Gasteiger partial charge < -0.3 is 10.1 Å². The summed E-state index contributed by atoms with van der Waals surface area (Å²) < 4.78 is 0.566. The fourth-order valence-electron chi connectivity index (χ4n) is 1.36. The molecule has 0 aliphatic carbocycles. The average molecular weight is 363 g/mol. The van der Waals surface area contributed by atoms with Crippen LogP contribution in [0.2, 0.25) is 5.02 Å². The highest BCUT2D eigenvalue weighted by molar-refractivity contribution is 14.1. The minimum atomic E-state index is -0.183. The molecule has 0 fully saturated rings. The molecule has 2 rings (SSSR count). The van der Waals surface area contributed by atoms with Gasteiger partial charge in [0.1, 0.15) is 11.6 Å². The Labute approximate surface area is 116 Å². The lowest BCUT2D eigenvalue weighted by molar-refractivity contribution is 0.475. The number of rotatable bonds is 1. The molecular formula is C11H8ClIN2O2. The fraction of sp³-hybridized carbons (Fsp3) is 0.0909. The smallest absolute Gasteiger partial charge is 0.264 e. The summed E-state index contributed by atoms with van der Waals surface area (Å²) in [4.78, 5) is 18.5. The second-order valence-corrected chi connectivity index (χ2v) is 4.97. The van der Waals surface area contributed by atoms with Crippen molar-refractivity contribution in [2.24, 2.45) is 0 Å². The van der Waals surface area contributed by atoms with E-state index in [-0.39, 0.29) is 16.3 Å². The van der Waals surface area contributed by atoms with Crippen molar-refractivity contribution in [1.82, 2.24) is 9.97 Å². The number of nitrogens with zero attached hydrogens (tertiary/aromatic N) is 1. The van der Waals surface area contributed by atoms with Gasteiger partial charge in [-0.3, -0.25) is 4.79 Å². The minimum absolute atomic E-state index is 0.00000257. The van der Waals surface area contributed by atoms with Gasteiger partial charge in [-0.2, -0.15) is 0 Å². The SMILES string of the molecule is Cc1nc(-c2ccc(O)c(Cl)c2)[nH]c(=O)c1I. The van der Waals surface area contributed by atoms with E-state index >= 15 is 0 Å². The summed E-state index contributed by atoms with van der Waals surface area (Å²) >= 11 is 7.75. The van der Waals surface area contributed by atoms with E-state index in [0.717, 1.165) is 0 Å². The number of aromatic hydroxyl groups is 1. The van der Waals surface area contributed by atoms with E-state index in [4.69, 9.17) is 11.6 Å². The van der Waals surface area contributed by atoms with Gasteiger partial charge >= 0.3 is 0 Å². The van der Waals surface area contributed by atoms with Gasteiger partial charge in [-0.15, -0.1) is 0 Å². The number of aryl methyl sites for hydroxylation is 1. The van der Waals surface area contributed by atoms with Gasteiger partial charge in [-0.25, -0.2) is 4.98 Å². The van der Waals surface area contributed by atoms with Gasteiger partial charge in [0.15, 0.2) is 0 Å². The van der Waals surface area contributed by atoms with Gasteiger partial charge in [0.2, 0.25) is 0 Å². The molecule has 0 bridgehead atoms. The van der Waals surface area contributed by atoms with Crippen molar-refractivity contribution in [3.63, 3.8) is 0 Å². The molecule has 0 amide bonds. The van der Waals surface area contributed by atoms with E-state index in [1.54, 1.807) is 19.1 Å². The van der Waals surface area contributed by atoms with Crippen molar-refractivity contribution >= 4 is 34.2 Å². The number of phenols is 1. The summed E-state index contributed by atoms with van der Waals surface area (Å²) in [6.07, 6.45) is 0. The maximum absolute atomic E-state index is 11.6. The number of benzene rings is 1. The lowest BCUT2D eigenvalue weighted by Crippen LogP contribution is -2.14. The molecule has 88 valence electrons. The Morgan fingerprint density at radius 3 is 2.76 bits per heavy atom. The highest BCUT2D eigenvalue weighted by Crippen LogP contribution is 2.27. The fourth-order valence-corrected chi connectivity index (χ4v) is 1.80. The second-order valence-electron chi connectivity index (χ2n) is 3.48. The molecule has 0 aliphatic rings. The molecule has 0 unspecified atom stereocenters. The normalized spacial score (nSPS) is 10.5. The van der Waals surface area contributed by atoms with Crippen molar-refractivity contribution in [1.29, 1.82) is 0 Å². The molecule has 4 nitrogen and oxygen atoms in total. The highest BCUT2D eigenvalue weighted by atomic mass is 127. The Morgan fingerprint density at radius 2 is 2.18 bits per heavy atom. The van der Waals surface area contributed by atoms with Gasteiger partial charge in [0, 0.05) is 5.56 Å². The Kier molecular flexibility index (Phi) is 3.39. The summed E-state index contributed by atoms with van der Waals surface area (Å²) in [6, 6.07) is 4.66. The monoisotopic (exact) mass is 362 g/mol. The van der Waals surface area contributed by atoms with Crippen molar-refractivity contribution in [2.45, 2.75) is 6.92 Å². The zero-order valence-corrected chi connectivity index (χ0v) is 11.7. The van der Waals surface area contributed by atoms with Gasteiger partial charge in [-0.1, -0.05) is 11.6 Å². The third kappa shape index (κ3) is 2.44. The third-order valence-corrected chi connectivity index (χ3v) is 3.82. The maximum Gasteiger partial charge on any atom is 0.264 e. The topological polar surface area (TPSA) is 66.0 Å². The van der Waals surface area contributed by atoms with Crippen LogP contribution in [-0.4, -0.2) is 15.1 Å². The molecule has 0 radical (unpaired) electrons. The number of halogens is 2. The number of phenolic OH excluding ortho intramolecular Hbond substituents is 1. The minimum Gasteiger partial charge on any atom is -0.506 e. The Morgan fingerprint density at radius 1 is 1.47 bits per heavy atom. The van der Waals surface area contributed by atoms with Crippen LogP contribution in [0.25, 0.3) is 11.4 Å². The number of nitrogens with one attached hydrogen (secondary N) is 1. The zero-order chi connectivity index (χ0) is 12.6. The first kappa shape index (κ1) is 12.4. The summed E-state index contributed by atoms with van der Waals surface area (Å²) in [5.41, 5.74) is 1.13. The molecule has 1 aromatic carbocycles. The van der Waals surface area contributed by atoms with E-state index < -0.39 is 0 Å². The average Bonchev–Trinajstić information content (AvgIpc) is 2.29. The zero-order valence-electron chi connectivity index (χ0n) is 8.79. The number of hydrogen-bond donors (Lipinski definition) is 2. The first-order valence-corrected chi connectivity index (χ1v) is 6.20. The van der Waals surface area contributed by atoms with Crippen LogP contribution in [0.15, 0.2) is 23.0 Å². The number of aromatic amines is 1. The lowest BCUT2D eigenvalue weighted by atomic mass is 10.2. The van der Waals surface area contributed by atoms with Crippen LogP contribution in [-0.2, 0) is 0 Å². The van der Waals surface area contributed by atoms with Gasteiger partial charge in [0.25, 0.3) is 5.56 Å². The molecule has 2 aromatic rings. The molecular weight excluding hydrogens is 354 g/mol. The molecule has 0 saturated carbocycles. The predicted molar refractivity (Wildman–Crippen MR) is 74.4 cm³/mol. The summed E-state index contributed by atoms with van der Waals surface area (Å²) in [5, 5.41) is 9.54. The van der Waals surface area contributed by atoms with Crippen LogP contribution < -0.4 is 5.56 Å². The van der Waals surface area contributed by atoms with Crippen molar-refractivity contribution in [3.05, 3.63) is 42.8 Å². The Bertz CT molecular complexity index is 640. The van der Waals surface area contributed by atoms with Gasteiger partial charge in [-0.05, 0) is 47.7 Å². The van der Waals surface area contributed by atoms with Crippen LogP contribution in [0.5, 0.6) is 5.75 Å². The first-order valence-electron chi connectivity index (χ1n) is 4.74. The standard InChI is InChI=1S/C11H8ClIN2O2/c1-5-9(13)11(17)15-10(14-5)6-2-3-8(16)7(12)4-6/h2-4,16H,1H3,(H,14,15,17). The van der Waals surface area contributed by atoms with Crippen LogP contribution >= 0.6 is 34.2 Å². The molecule has 1 heterocycles. The molecule has 1 aromatic heterocycles. The molecule has 0 spiro atoms. The van der Waals surface area contributed by atoms with E-state index in [2.05, 4.69) is 9.97 Å². The largest absolute Gasteiger partial charge is 0.506 e.